The maximum atomic E-state index is 13.6. The molecule has 186 valence electrons. The molecule has 2 aromatic rings. The van der Waals surface area contributed by atoms with Crippen molar-refractivity contribution in [3.63, 3.8) is 0 Å². The van der Waals surface area contributed by atoms with Crippen molar-refractivity contribution >= 4 is 15.9 Å². The van der Waals surface area contributed by atoms with Crippen molar-refractivity contribution in [2.24, 2.45) is 5.92 Å². The highest BCUT2D eigenvalue weighted by Crippen LogP contribution is 2.38. The van der Waals surface area contributed by atoms with Crippen LogP contribution in [0.2, 0.25) is 0 Å². The molecule has 3 atom stereocenters. The van der Waals surface area contributed by atoms with E-state index in [0.717, 1.165) is 11.1 Å². The van der Waals surface area contributed by atoms with Gasteiger partial charge in [-0.05, 0) is 30.7 Å². The first-order valence-electron chi connectivity index (χ1n) is 11.4. The number of fused-ring (bicyclic) bond motifs is 1. The summed E-state index contributed by atoms with van der Waals surface area (Å²) in [5, 5.41) is 9.78. The summed E-state index contributed by atoms with van der Waals surface area (Å²) in [7, 11) is -0.635. The molecule has 0 bridgehead atoms. The number of benzene rings is 2. The molecule has 0 fully saturated rings. The molecule has 1 heterocycles. The second kappa shape index (κ2) is 10.8. The van der Waals surface area contributed by atoms with Crippen LogP contribution in [0.25, 0.3) is 11.1 Å². The molecular formula is C25H34N2O6S. The number of aliphatic hydroxyl groups is 1. The Kier molecular flexibility index (Phi) is 8.22. The van der Waals surface area contributed by atoms with Gasteiger partial charge in [0.1, 0.15) is 22.5 Å². The van der Waals surface area contributed by atoms with Crippen LogP contribution in [0.4, 0.5) is 0 Å². The first kappa shape index (κ1) is 26.0. The Hall–Kier alpha value is -2.62. The van der Waals surface area contributed by atoms with E-state index >= 15 is 0 Å². The normalized spacial score (nSPS) is 20.9. The maximum Gasteiger partial charge on any atom is 0.247 e. The van der Waals surface area contributed by atoms with Crippen LogP contribution in [0, 0.1) is 5.92 Å². The SMILES string of the molecule is CCC(=O)N(C)C[C@H]1Oc2cc(-c3ccccc3OC)ccc2S(=O)(=O)N([C@H](C)CO)C[C@H]1C. The fraction of sp³-hybridized carbons (Fsp3) is 0.480. The van der Waals surface area contributed by atoms with Crippen molar-refractivity contribution in [1.29, 1.82) is 0 Å². The zero-order chi connectivity index (χ0) is 25.0. The Morgan fingerprint density at radius 1 is 1.29 bits per heavy atom. The molecule has 1 N–H and O–H groups in total. The van der Waals surface area contributed by atoms with Crippen LogP contribution in [0.3, 0.4) is 0 Å². The lowest BCUT2D eigenvalue weighted by molar-refractivity contribution is -0.131. The highest BCUT2D eigenvalue weighted by Gasteiger charge is 2.38. The summed E-state index contributed by atoms with van der Waals surface area (Å²) >= 11 is 0. The smallest absolute Gasteiger partial charge is 0.247 e. The van der Waals surface area contributed by atoms with Gasteiger partial charge in [-0.3, -0.25) is 4.79 Å². The van der Waals surface area contributed by atoms with E-state index in [-0.39, 0.29) is 35.6 Å². The van der Waals surface area contributed by atoms with Crippen molar-refractivity contribution in [1.82, 2.24) is 9.21 Å². The maximum absolute atomic E-state index is 13.6. The molecule has 1 aliphatic heterocycles. The predicted molar refractivity (Wildman–Crippen MR) is 130 cm³/mol. The molecular weight excluding hydrogens is 456 g/mol. The topological polar surface area (TPSA) is 96.4 Å². The lowest BCUT2D eigenvalue weighted by Gasteiger charge is -2.37. The third-order valence-electron chi connectivity index (χ3n) is 6.27. The van der Waals surface area contributed by atoms with Crippen LogP contribution in [-0.2, 0) is 14.8 Å². The highest BCUT2D eigenvalue weighted by molar-refractivity contribution is 7.89. The van der Waals surface area contributed by atoms with E-state index in [4.69, 9.17) is 9.47 Å². The second-order valence-electron chi connectivity index (χ2n) is 8.73. The van der Waals surface area contributed by atoms with Gasteiger partial charge in [-0.1, -0.05) is 38.1 Å². The Balaban J connectivity index is 2.15. The second-order valence-corrected chi connectivity index (χ2v) is 10.6. The summed E-state index contributed by atoms with van der Waals surface area (Å²) in [4.78, 5) is 13.9. The van der Waals surface area contributed by atoms with Gasteiger partial charge >= 0.3 is 0 Å². The van der Waals surface area contributed by atoms with Crippen molar-refractivity contribution in [3.05, 3.63) is 42.5 Å². The first-order chi connectivity index (χ1) is 16.1. The number of aliphatic hydroxyl groups excluding tert-OH is 1. The minimum absolute atomic E-state index is 0.0194. The number of carbonyl (C=O) groups excluding carboxylic acids is 1. The number of methoxy groups -OCH3 is 1. The van der Waals surface area contributed by atoms with Gasteiger partial charge in [-0.15, -0.1) is 0 Å². The number of nitrogens with zero attached hydrogens (tertiary/aromatic N) is 2. The molecule has 3 rings (SSSR count). The Morgan fingerprint density at radius 3 is 2.65 bits per heavy atom. The average molecular weight is 491 g/mol. The molecule has 0 aromatic heterocycles. The average Bonchev–Trinajstić information content (AvgIpc) is 2.84. The van der Waals surface area contributed by atoms with Crippen LogP contribution in [0.1, 0.15) is 27.2 Å². The van der Waals surface area contributed by atoms with Gasteiger partial charge in [0.25, 0.3) is 0 Å². The summed E-state index contributed by atoms with van der Waals surface area (Å²) in [5.74, 6) is 0.616. The number of hydrogen-bond acceptors (Lipinski definition) is 6. The molecule has 0 unspecified atom stereocenters. The first-order valence-corrected chi connectivity index (χ1v) is 12.9. The van der Waals surface area contributed by atoms with E-state index in [0.29, 0.717) is 18.7 Å². The molecule has 0 aliphatic carbocycles. The number of carbonyl (C=O) groups is 1. The zero-order valence-corrected chi connectivity index (χ0v) is 21.2. The fourth-order valence-electron chi connectivity index (χ4n) is 4.14. The van der Waals surface area contributed by atoms with Crippen LogP contribution in [-0.4, -0.2) is 74.6 Å². The summed E-state index contributed by atoms with van der Waals surface area (Å²) in [6, 6.07) is 11.8. The third-order valence-corrected chi connectivity index (χ3v) is 8.29. The highest BCUT2D eigenvalue weighted by atomic mass is 32.2. The summed E-state index contributed by atoms with van der Waals surface area (Å²) in [5.41, 5.74) is 1.55. The van der Waals surface area contributed by atoms with Gasteiger partial charge in [-0.2, -0.15) is 4.31 Å². The summed E-state index contributed by atoms with van der Waals surface area (Å²) < 4.78 is 40.4. The van der Waals surface area contributed by atoms with Crippen LogP contribution in [0.15, 0.2) is 47.4 Å². The van der Waals surface area contributed by atoms with Crippen molar-refractivity contribution in [3.8, 4) is 22.6 Å². The van der Waals surface area contributed by atoms with Gasteiger partial charge in [0.2, 0.25) is 15.9 Å². The lowest BCUT2D eigenvalue weighted by Crippen LogP contribution is -2.50. The molecule has 9 heteroatoms. The van der Waals surface area contributed by atoms with E-state index < -0.39 is 22.2 Å². The molecule has 8 nitrogen and oxygen atoms in total. The van der Waals surface area contributed by atoms with E-state index in [1.165, 1.54) is 10.4 Å². The Labute approximate surface area is 202 Å². The molecule has 0 radical (unpaired) electrons. The number of hydrogen-bond donors (Lipinski definition) is 1. The van der Waals surface area contributed by atoms with Gasteiger partial charge in [0.15, 0.2) is 0 Å². The summed E-state index contributed by atoms with van der Waals surface area (Å²) in [6.45, 7) is 5.55. The Bertz CT molecular complexity index is 1120. The number of ether oxygens (including phenoxy) is 2. The molecule has 34 heavy (non-hydrogen) atoms. The molecule has 1 amide bonds. The van der Waals surface area contributed by atoms with Gasteiger partial charge < -0.3 is 19.5 Å². The van der Waals surface area contributed by atoms with E-state index in [9.17, 15) is 18.3 Å². The standard InChI is InChI=1S/C25H34N2O6S/c1-6-25(29)26(4)15-23-17(2)14-27(18(3)16-28)34(30,31)24-12-11-19(13-22(24)33-23)20-9-7-8-10-21(20)32-5/h7-13,17-18,23,28H,6,14-16H2,1-5H3/t17-,18-,23-/m1/s1. The quantitative estimate of drug-likeness (QED) is 0.641. The largest absolute Gasteiger partial charge is 0.496 e. The van der Waals surface area contributed by atoms with Gasteiger partial charge in [0.05, 0.1) is 20.3 Å². The fourth-order valence-corrected chi connectivity index (χ4v) is 5.96. The predicted octanol–water partition coefficient (Wildman–Crippen LogP) is 3.00. The monoisotopic (exact) mass is 490 g/mol. The third kappa shape index (κ3) is 5.21. The van der Waals surface area contributed by atoms with Crippen LogP contribution >= 0.6 is 0 Å². The number of sulfonamides is 1. The molecule has 0 spiro atoms. The number of amides is 1. The van der Waals surface area contributed by atoms with Crippen LogP contribution < -0.4 is 9.47 Å². The minimum atomic E-state index is -3.94. The number of para-hydroxylation sites is 1. The molecule has 1 aliphatic rings. The van der Waals surface area contributed by atoms with Crippen LogP contribution in [0.5, 0.6) is 11.5 Å². The lowest BCUT2D eigenvalue weighted by atomic mass is 10.0. The van der Waals surface area contributed by atoms with Crippen molar-refractivity contribution in [2.45, 2.75) is 44.2 Å². The van der Waals surface area contributed by atoms with E-state index in [1.54, 1.807) is 45.0 Å². The molecule has 0 saturated heterocycles. The molecule has 0 saturated carbocycles. The number of rotatable bonds is 7. The van der Waals surface area contributed by atoms with E-state index in [1.807, 2.05) is 31.2 Å². The Morgan fingerprint density at radius 2 is 2.00 bits per heavy atom. The van der Waals surface area contributed by atoms with Gasteiger partial charge in [0, 0.05) is 37.5 Å². The number of likely N-dealkylation sites (N-methyl/N-ethyl adjacent to an activating group) is 1. The van der Waals surface area contributed by atoms with Crippen molar-refractivity contribution in [2.75, 3.05) is 33.9 Å². The summed E-state index contributed by atoms with van der Waals surface area (Å²) in [6.07, 6.45) is -0.0789. The van der Waals surface area contributed by atoms with Gasteiger partial charge in [-0.25, -0.2) is 8.42 Å². The zero-order valence-electron chi connectivity index (χ0n) is 20.4. The van der Waals surface area contributed by atoms with E-state index in [2.05, 4.69) is 0 Å². The van der Waals surface area contributed by atoms with Crippen molar-refractivity contribution < 1.29 is 27.8 Å². The molecule has 2 aromatic carbocycles. The minimum Gasteiger partial charge on any atom is -0.496 e.